The second kappa shape index (κ2) is 2.93. The number of anilines is 1. The van der Waals surface area contributed by atoms with Crippen LogP contribution in [0.5, 0.6) is 0 Å². The summed E-state index contributed by atoms with van der Waals surface area (Å²) < 4.78 is 5.27. The molecule has 1 aromatic rings. The number of hydrogen-bond acceptors (Lipinski definition) is 2. The summed E-state index contributed by atoms with van der Waals surface area (Å²) in [6, 6.07) is 8.32. The zero-order chi connectivity index (χ0) is 7.52. The Balaban J connectivity index is 2.33. The second-order valence-electron chi connectivity index (χ2n) is 2.64. The summed E-state index contributed by atoms with van der Waals surface area (Å²) in [5.41, 5.74) is 2.56. The molecular weight excluding hydrogens is 138 g/mol. The lowest BCUT2D eigenvalue weighted by atomic mass is 10.1. The monoisotopic (exact) mass is 149 g/mol. The fraction of sp³-hybridized carbons (Fsp3) is 0.333. The molecule has 2 heteroatoms. The lowest BCUT2D eigenvalue weighted by Gasteiger charge is -2.03. The number of nitrogens with one attached hydrogen (secondary N) is 1. The Morgan fingerprint density at radius 2 is 2.18 bits per heavy atom. The number of fused-ring (bicyclic) bond motifs is 1. The van der Waals surface area contributed by atoms with Crippen LogP contribution in [0.1, 0.15) is 5.56 Å². The van der Waals surface area contributed by atoms with Gasteiger partial charge in [-0.15, -0.1) is 0 Å². The minimum atomic E-state index is 0.636. The van der Waals surface area contributed by atoms with Gasteiger partial charge in [-0.05, 0) is 18.1 Å². The lowest BCUT2D eigenvalue weighted by Crippen LogP contribution is -2.02. The highest BCUT2D eigenvalue weighted by atomic mass is 16.5. The Hall–Kier alpha value is -1.02. The predicted molar refractivity (Wildman–Crippen MR) is 44.6 cm³/mol. The summed E-state index contributed by atoms with van der Waals surface area (Å²) >= 11 is 0. The van der Waals surface area contributed by atoms with Crippen molar-refractivity contribution in [1.29, 1.82) is 0 Å². The largest absolute Gasteiger partial charge is 0.362 e. The molecule has 2 rings (SSSR count). The summed E-state index contributed by atoms with van der Waals surface area (Å²) in [6.45, 7) is 1.46. The molecule has 0 saturated carbocycles. The highest BCUT2D eigenvalue weighted by Gasteiger charge is 2.04. The molecule has 58 valence electrons. The van der Waals surface area contributed by atoms with Crippen molar-refractivity contribution >= 4 is 5.69 Å². The average Bonchev–Trinajstić information content (AvgIpc) is 2.28. The van der Waals surface area contributed by atoms with E-state index in [2.05, 4.69) is 23.5 Å². The smallest absolute Gasteiger partial charge is 0.116 e. The van der Waals surface area contributed by atoms with E-state index in [1.807, 2.05) is 6.07 Å². The molecule has 0 radical (unpaired) electrons. The standard InChI is InChI=1S/C9H11NO/c1-2-4-9-8(3-1)5-6-11-7-10-9/h1-4,10H,5-7H2. The molecule has 0 fully saturated rings. The molecule has 1 aromatic carbocycles. The van der Waals surface area contributed by atoms with Gasteiger partial charge in [-0.3, -0.25) is 0 Å². The van der Waals surface area contributed by atoms with Crippen LogP contribution < -0.4 is 5.32 Å². The van der Waals surface area contributed by atoms with Crippen molar-refractivity contribution in [2.24, 2.45) is 0 Å². The fourth-order valence-corrected chi connectivity index (χ4v) is 1.29. The highest BCUT2D eigenvalue weighted by Crippen LogP contribution is 2.17. The van der Waals surface area contributed by atoms with Crippen molar-refractivity contribution in [3.05, 3.63) is 29.8 Å². The Labute approximate surface area is 66.2 Å². The normalized spacial score (nSPS) is 16.4. The van der Waals surface area contributed by atoms with Crippen molar-refractivity contribution in [2.45, 2.75) is 6.42 Å². The number of benzene rings is 1. The highest BCUT2D eigenvalue weighted by molar-refractivity contribution is 5.51. The molecular formula is C9H11NO. The Morgan fingerprint density at radius 3 is 3.18 bits per heavy atom. The zero-order valence-electron chi connectivity index (χ0n) is 6.34. The quantitative estimate of drug-likeness (QED) is 0.605. The van der Waals surface area contributed by atoms with Crippen LogP contribution in [-0.4, -0.2) is 13.3 Å². The van der Waals surface area contributed by atoms with Crippen LogP contribution in [0.3, 0.4) is 0 Å². The van der Waals surface area contributed by atoms with Gasteiger partial charge >= 0.3 is 0 Å². The molecule has 0 saturated heterocycles. The first-order chi connectivity index (χ1) is 5.47. The maximum Gasteiger partial charge on any atom is 0.116 e. The van der Waals surface area contributed by atoms with Crippen molar-refractivity contribution in [3.8, 4) is 0 Å². The van der Waals surface area contributed by atoms with Gasteiger partial charge in [0.2, 0.25) is 0 Å². The van der Waals surface area contributed by atoms with Gasteiger partial charge in [-0.1, -0.05) is 18.2 Å². The van der Waals surface area contributed by atoms with Crippen molar-refractivity contribution in [1.82, 2.24) is 0 Å². The number of rotatable bonds is 0. The summed E-state index contributed by atoms with van der Waals surface area (Å²) in [4.78, 5) is 0. The zero-order valence-corrected chi connectivity index (χ0v) is 6.34. The lowest BCUT2D eigenvalue weighted by molar-refractivity contribution is 0.160. The molecule has 0 atom stereocenters. The third-order valence-corrected chi connectivity index (χ3v) is 1.90. The van der Waals surface area contributed by atoms with E-state index >= 15 is 0 Å². The molecule has 11 heavy (non-hydrogen) atoms. The third-order valence-electron chi connectivity index (χ3n) is 1.90. The molecule has 1 N–H and O–H groups in total. The molecule has 1 aliphatic rings. The molecule has 1 aliphatic heterocycles. The van der Waals surface area contributed by atoms with E-state index in [-0.39, 0.29) is 0 Å². The molecule has 0 bridgehead atoms. The van der Waals surface area contributed by atoms with Crippen LogP contribution in [0.15, 0.2) is 24.3 Å². The van der Waals surface area contributed by atoms with E-state index in [0.29, 0.717) is 6.73 Å². The molecule has 0 unspecified atom stereocenters. The Kier molecular flexibility index (Phi) is 1.78. The van der Waals surface area contributed by atoms with Crippen molar-refractivity contribution in [3.63, 3.8) is 0 Å². The van der Waals surface area contributed by atoms with Crippen LogP contribution in [0.4, 0.5) is 5.69 Å². The summed E-state index contributed by atoms with van der Waals surface area (Å²) in [7, 11) is 0. The first-order valence-electron chi connectivity index (χ1n) is 3.86. The number of para-hydroxylation sites is 1. The van der Waals surface area contributed by atoms with Crippen LogP contribution in [0, 0.1) is 0 Å². The fourth-order valence-electron chi connectivity index (χ4n) is 1.29. The first kappa shape index (κ1) is 6.68. The minimum Gasteiger partial charge on any atom is -0.362 e. The van der Waals surface area contributed by atoms with Crippen LogP contribution >= 0.6 is 0 Å². The Bertz CT molecular complexity index is 222. The first-order valence-corrected chi connectivity index (χ1v) is 3.86. The molecule has 1 heterocycles. The van der Waals surface area contributed by atoms with E-state index in [9.17, 15) is 0 Å². The summed E-state index contributed by atoms with van der Waals surface area (Å²) in [6.07, 6.45) is 1.02. The summed E-state index contributed by atoms with van der Waals surface area (Å²) in [5.74, 6) is 0. The average molecular weight is 149 g/mol. The van der Waals surface area contributed by atoms with E-state index in [0.717, 1.165) is 13.0 Å². The van der Waals surface area contributed by atoms with Gasteiger partial charge in [0.1, 0.15) is 6.73 Å². The predicted octanol–water partition coefficient (Wildman–Crippen LogP) is 1.63. The van der Waals surface area contributed by atoms with Crippen LogP contribution in [-0.2, 0) is 11.2 Å². The van der Waals surface area contributed by atoms with Crippen molar-refractivity contribution in [2.75, 3.05) is 18.7 Å². The van der Waals surface area contributed by atoms with E-state index < -0.39 is 0 Å². The molecule has 0 aliphatic carbocycles. The van der Waals surface area contributed by atoms with Crippen LogP contribution in [0.2, 0.25) is 0 Å². The Morgan fingerprint density at radius 1 is 1.27 bits per heavy atom. The maximum atomic E-state index is 5.27. The molecule has 2 nitrogen and oxygen atoms in total. The molecule has 0 amide bonds. The van der Waals surface area contributed by atoms with Crippen LogP contribution in [0.25, 0.3) is 0 Å². The number of ether oxygens (including phenoxy) is 1. The molecule has 0 aromatic heterocycles. The minimum absolute atomic E-state index is 0.636. The third kappa shape index (κ3) is 1.35. The topological polar surface area (TPSA) is 21.3 Å². The van der Waals surface area contributed by atoms with Gasteiger partial charge in [0.25, 0.3) is 0 Å². The molecule has 0 spiro atoms. The van der Waals surface area contributed by atoms with Gasteiger partial charge in [0, 0.05) is 5.69 Å². The SMILES string of the molecule is c1ccc2c(c1)CCOCN2. The summed E-state index contributed by atoms with van der Waals surface area (Å²) in [5, 5.41) is 3.20. The maximum absolute atomic E-state index is 5.27. The van der Waals surface area contributed by atoms with Gasteiger partial charge < -0.3 is 10.1 Å². The van der Waals surface area contributed by atoms with Gasteiger partial charge in [0.05, 0.1) is 6.61 Å². The van der Waals surface area contributed by atoms with E-state index in [1.54, 1.807) is 0 Å². The van der Waals surface area contributed by atoms with E-state index in [1.165, 1.54) is 11.3 Å². The second-order valence-corrected chi connectivity index (χ2v) is 2.64. The van der Waals surface area contributed by atoms with Gasteiger partial charge in [-0.2, -0.15) is 0 Å². The number of hydrogen-bond donors (Lipinski definition) is 1. The van der Waals surface area contributed by atoms with Gasteiger partial charge in [-0.25, -0.2) is 0 Å². The van der Waals surface area contributed by atoms with Crippen molar-refractivity contribution < 1.29 is 4.74 Å². The van der Waals surface area contributed by atoms with E-state index in [4.69, 9.17) is 4.74 Å². The van der Waals surface area contributed by atoms with Gasteiger partial charge in [0.15, 0.2) is 0 Å².